The van der Waals surface area contributed by atoms with Gasteiger partial charge in [0, 0.05) is 30.5 Å². The van der Waals surface area contributed by atoms with Gasteiger partial charge >= 0.3 is 0 Å². The lowest BCUT2D eigenvalue weighted by Gasteiger charge is -2.14. The molecule has 0 spiro atoms. The first-order chi connectivity index (χ1) is 8.15. The number of methoxy groups -OCH3 is 3. The zero-order valence-electron chi connectivity index (χ0n) is 10.7. The maximum Gasteiger partial charge on any atom is 0.137 e. The number of carbonyl (C=O) groups excluding carboxylic acids is 1. The monoisotopic (exact) mass is 238 g/mol. The van der Waals surface area contributed by atoms with Crippen molar-refractivity contribution in [3.05, 3.63) is 17.7 Å². The summed E-state index contributed by atoms with van der Waals surface area (Å²) in [6.45, 7) is 1.84. The van der Waals surface area contributed by atoms with Gasteiger partial charge in [-0.3, -0.25) is 4.79 Å². The Hall–Kier alpha value is -1.71. The van der Waals surface area contributed by atoms with Crippen molar-refractivity contribution in [2.45, 2.75) is 19.8 Å². The maximum absolute atomic E-state index is 11.5. The highest BCUT2D eigenvalue weighted by Gasteiger charge is 2.15. The molecule has 0 aliphatic carbocycles. The summed E-state index contributed by atoms with van der Waals surface area (Å²) in [5, 5.41) is 0. The van der Waals surface area contributed by atoms with Gasteiger partial charge in [-0.1, -0.05) is 6.92 Å². The summed E-state index contributed by atoms with van der Waals surface area (Å²) in [6.07, 6.45) is 0.811. The van der Waals surface area contributed by atoms with Gasteiger partial charge in [0.2, 0.25) is 0 Å². The van der Waals surface area contributed by atoms with Crippen LogP contribution >= 0.6 is 0 Å². The first-order valence-electron chi connectivity index (χ1n) is 5.46. The molecule has 0 bridgehead atoms. The van der Waals surface area contributed by atoms with Crippen LogP contribution < -0.4 is 14.2 Å². The zero-order chi connectivity index (χ0) is 12.8. The number of carbonyl (C=O) groups is 1. The van der Waals surface area contributed by atoms with E-state index >= 15 is 0 Å². The van der Waals surface area contributed by atoms with Crippen LogP contribution in [0.25, 0.3) is 0 Å². The molecule has 0 saturated heterocycles. The van der Waals surface area contributed by atoms with Crippen molar-refractivity contribution in [1.82, 2.24) is 0 Å². The molecule has 1 aromatic rings. The van der Waals surface area contributed by atoms with Gasteiger partial charge in [-0.2, -0.15) is 0 Å². The Morgan fingerprint density at radius 3 is 1.94 bits per heavy atom. The van der Waals surface area contributed by atoms with Gasteiger partial charge in [0.05, 0.1) is 21.3 Å². The van der Waals surface area contributed by atoms with Gasteiger partial charge in [0.15, 0.2) is 0 Å². The Labute approximate surface area is 101 Å². The number of rotatable bonds is 6. The summed E-state index contributed by atoms with van der Waals surface area (Å²) in [6, 6.07) is 3.50. The van der Waals surface area contributed by atoms with Crippen molar-refractivity contribution in [2.75, 3.05) is 21.3 Å². The number of Topliss-reactive ketones (excluding diaryl/α,β-unsaturated/α-hetero) is 1. The lowest BCUT2D eigenvalue weighted by atomic mass is 10.0. The molecule has 0 unspecified atom stereocenters. The molecule has 0 aliphatic heterocycles. The molecule has 0 fully saturated rings. The van der Waals surface area contributed by atoms with Crippen LogP contribution in [0.4, 0.5) is 0 Å². The van der Waals surface area contributed by atoms with Crippen molar-refractivity contribution < 1.29 is 19.0 Å². The van der Waals surface area contributed by atoms with Gasteiger partial charge in [-0.05, 0) is 0 Å². The van der Waals surface area contributed by atoms with Gasteiger partial charge in [0.25, 0.3) is 0 Å². The van der Waals surface area contributed by atoms with E-state index in [-0.39, 0.29) is 5.78 Å². The van der Waals surface area contributed by atoms with Gasteiger partial charge in [0.1, 0.15) is 23.0 Å². The normalized spacial score (nSPS) is 9.88. The fourth-order valence-electron chi connectivity index (χ4n) is 1.57. The van der Waals surface area contributed by atoms with Crippen LogP contribution in [0.3, 0.4) is 0 Å². The molecule has 0 heterocycles. The second-order valence-electron chi connectivity index (χ2n) is 3.58. The van der Waals surface area contributed by atoms with Crippen LogP contribution in [0.5, 0.6) is 17.2 Å². The minimum atomic E-state index is 0.145. The molecular formula is C13H18O4. The number of ketones is 1. The fraction of sp³-hybridized carbons (Fsp3) is 0.462. The predicted molar refractivity (Wildman–Crippen MR) is 65.1 cm³/mol. The minimum Gasteiger partial charge on any atom is -0.496 e. The lowest BCUT2D eigenvalue weighted by molar-refractivity contribution is -0.118. The Bertz CT molecular complexity index is 373. The Morgan fingerprint density at radius 2 is 1.59 bits per heavy atom. The van der Waals surface area contributed by atoms with Crippen molar-refractivity contribution in [1.29, 1.82) is 0 Å². The summed E-state index contributed by atoms with van der Waals surface area (Å²) in [5.74, 6) is 2.02. The summed E-state index contributed by atoms with van der Waals surface area (Å²) < 4.78 is 15.7. The van der Waals surface area contributed by atoms with E-state index in [2.05, 4.69) is 0 Å². The Kier molecular flexibility index (Phi) is 4.82. The highest BCUT2D eigenvalue weighted by Crippen LogP contribution is 2.34. The minimum absolute atomic E-state index is 0.145. The summed E-state index contributed by atoms with van der Waals surface area (Å²) >= 11 is 0. The van der Waals surface area contributed by atoms with Crippen LogP contribution in [0.2, 0.25) is 0 Å². The van der Waals surface area contributed by atoms with E-state index in [0.717, 1.165) is 5.56 Å². The Balaban J connectivity index is 3.19. The molecule has 94 valence electrons. The van der Waals surface area contributed by atoms with E-state index in [0.29, 0.717) is 30.1 Å². The zero-order valence-corrected chi connectivity index (χ0v) is 10.7. The summed E-state index contributed by atoms with van der Waals surface area (Å²) in [7, 11) is 4.70. The van der Waals surface area contributed by atoms with E-state index in [9.17, 15) is 4.79 Å². The third-order valence-electron chi connectivity index (χ3n) is 2.59. The summed E-state index contributed by atoms with van der Waals surface area (Å²) in [5.41, 5.74) is 0.766. The van der Waals surface area contributed by atoms with Crippen LogP contribution in [-0.4, -0.2) is 27.1 Å². The third-order valence-corrected chi connectivity index (χ3v) is 2.59. The molecule has 1 rings (SSSR count). The van der Waals surface area contributed by atoms with Crippen molar-refractivity contribution in [2.24, 2.45) is 0 Å². The second-order valence-corrected chi connectivity index (χ2v) is 3.58. The first-order valence-corrected chi connectivity index (χ1v) is 5.46. The molecule has 0 radical (unpaired) electrons. The molecule has 0 aliphatic rings. The predicted octanol–water partition coefficient (Wildman–Crippen LogP) is 2.23. The molecule has 0 atom stereocenters. The van der Waals surface area contributed by atoms with Crippen LogP contribution in [0, 0.1) is 0 Å². The van der Waals surface area contributed by atoms with Gasteiger partial charge in [-0.25, -0.2) is 0 Å². The molecule has 0 saturated carbocycles. The average molecular weight is 238 g/mol. The Morgan fingerprint density at radius 1 is 1.06 bits per heavy atom. The molecule has 0 aromatic heterocycles. The standard InChI is InChI=1S/C13H18O4/c1-5-9(14)6-11-12(16-3)7-10(15-2)8-13(11)17-4/h7-8H,5-6H2,1-4H3. The maximum atomic E-state index is 11.5. The second kappa shape index (κ2) is 6.13. The van der Waals surface area contributed by atoms with E-state index in [1.807, 2.05) is 6.92 Å². The average Bonchev–Trinajstić information content (AvgIpc) is 2.38. The van der Waals surface area contributed by atoms with Gasteiger partial charge in [-0.15, -0.1) is 0 Å². The molecule has 0 N–H and O–H groups in total. The lowest BCUT2D eigenvalue weighted by Crippen LogP contribution is -2.05. The van der Waals surface area contributed by atoms with Crippen LogP contribution in [-0.2, 0) is 11.2 Å². The molecule has 4 nitrogen and oxygen atoms in total. The number of hydrogen-bond acceptors (Lipinski definition) is 4. The van der Waals surface area contributed by atoms with E-state index < -0.39 is 0 Å². The molecule has 17 heavy (non-hydrogen) atoms. The number of hydrogen-bond donors (Lipinski definition) is 0. The topological polar surface area (TPSA) is 44.8 Å². The number of ether oxygens (including phenoxy) is 3. The molecule has 4 heteroatoms. The first kappa shape index (κ1) is 13.4. The number of benzene rings is 1. The molecular weight excluding hydrogens is 220 g/mol. The smallest absolute Gasteiger partial charge is 0.137 e. The van der Waals surface area contributed by atoms with Crippen LogP contribution in [0.1, 0.15) is 18.9 Å². The molecule has 0 amide bonds. The van der Waals surface area contributed by atoms with Crippen molar-refractivity contribution in [3.63, 3.8) is 0 Å². The van der Waals surface area contributed by atoms with Gasteiger partial charge < -0.3 is 14.2 Å². The van der Waals surface area contributed by atoms with Crippen molar-refractivity contribution in [3.8, 4) is 17.2 Å². The van der Waals surface area contributed by atoms with E-state index in [1.165, 1.54) is 0 Å². The SMILES string of the molecule is CCC(=O)Cc1c(OC)cc(OC)cc1OC. The highest BCUT2D eigenvalue weighted by molar-refractivity contribution is 5.82. The molecule has 1 aromatic carbocycles. The quantitative estimate of drug-likeness (QED) is 0.762. The third kappa shape index (κ3) is 3.12. The van der Waals surface area contributed by atoms with Crippen molar-refractivity contribution >= 4 is 5.78 Å². The highest BCUT2D eigenvalue weighted by atomic mass is 16.5. The van der Waals surface area contributed by atoms with Crippen LogP contribution in [0.15, 0.2) is 12.1 Å². The van der Waals surface area contributed by atoms with E-state index in [4.69, 9.17) is 14.2 Å². The fourth-order valence-corrected chi connectivity index (χ4v) is 1.57. The largest absolute Gasteiger partial charge is 0.496 e. The summed E-state index contributed by atoms with van der Waals surface area (Å²) in [4.78, 5) is 11.5. The van der Waals surface area contributed by atoms with E-state index in [1.54, 1.807) is 33.5 Å².